The van der Waals surface area contributed by atoms with Crippen molar-refractivity contribution >= 4 is 0 Å². The Balaban J connectivity index is 1.81. The molecule has 1 heterocycles. The lowest BCUT2D eigenvalue weighted by molar-refractivity contribution is -0.0592. The number of ether oxygens (including phenoxy) is 3. The molecule has 1 aromatic rings. The number of rotatable bonds is 6. The van der Waals surface area contributed by atoms with Crippen molar-refractivity contribution in [3.05, 3.63) is 23.8 Å². The second kappa shape index (κ2) is 5.02. The van der Waals surface area contributed by atoms with Gasteiger partial charge in [-0.3, -0.25) is 0 Å². The van der Waals surface area contributed by atoms with Gasteiger partial charge in [0.15, 0.2) is 11.5 Å². The van der Waals surface area contributed by atoms with Gasteiger partial charge in [-0.25, -0.2) is 0 Å². The molecule has 1 aliphatic carbocycles. The SMILES string of the molecule is COc1ccc(C2(CNC3CC3)COC2)cc1OC. The molecular formula is C15H21NO3. The molecule has 104 valence electrons. The van der Waals surface area contributed by atoms with E-state index in [0.29, 0.717) is 0 Å². The summed E-state index contributed by atoms with van der Waals surface area (Å²) in [6, 6.07) is 6.90. The lowest BCUT2D eigenvalue weighted by Crippen LogP contribution is -2.53. The van der Waals surface area contributed by atoms with Crippen molar-refractivity contribution in [1.29, 1.82) is 0 Å². The van der Waals surface area contributed by atoms with E-state index in [4.69, 9.17) is 14.2 Å². The van der Waals surface area contributed by atoms with Gasteiger partial charge in [-0.1, -0.05) is 6.07 Å². The van der Waals surface area contributed by atoms with Gasteiger partial charge < -0.3 is 19.5 Å². The van der Waals surface area contributed by atoms with E-state index >= 15 is 0 Å². The third kappa shape index (κ3) is 2.42. The molecule has 2 fully saturated rings. The normalized spacial score (nSPS) is 20.7. The minimum Gasteiger partial charge on any atom is -0.493 e. The first kappa shape index (κ1) is 12.8. The Morgan fingerprint density at radius 1 is 1.21 bits per heavy atom. The Hall–Kier alpha value is -1.26. The van der Waals surface area contributed by atoms with Crippen LogP contribution in [0.2, 0.25) is 0 Å². The first-order valence-electron chi connectivity index (χ1n) is 6.81. The smallest absolute Gasteiger partial charge is 0.161 e. The molecule has 0 radical (unpaired) electrons. The highest BCUT2D eigenvalue weighted by Gasteiger charge is 2.41. The first-order valence-corrected chi connectivity index (χ1v) is 6.81. The highest BCUT2D eigenvalue weighted by Crippen LogP contribution is 2.37. The second-order valence-corrected chi connectivity index (χ2v) is 5.50. The number of hydrogen-bond acceptors (Lipinski definition) is 4. The quantitative estimate of drug-likeness (QED) is 0.848. The van der Waals surface area contributed by atoms with Crippen LogP contribution in [0.15, 0.2) is 18.2 Å². The fourth-order valence-corrected chi connectivity index (χ4v) is 2.51. The second-order valence-electron chi connectivity index (χ2n) is 5.50. The molecule has 1 saturated carbocycles. The molecule has 0 atom stereocenters. The van der Waals surface area contributed by atoms with Gasteiger partial charge in [0.1, 0.15) is 0 Å². The van der Waals surface area contributed by atoms with Gasteiger partial charge in [-0.15, -0.1) is 0 Å². The summed E-state index contributed by atoms with van der Waals surface area (Å²) in [5, 5.41) is 3.61. The van der Waals surface area contributed by atoms with E-state index in [1.165, 1.54) is 18.4 Å². The molecule has 1 aliphatic heterocycles. The van der Waals surface area contributed by atoms with Gasteiger partial charge in [0.25, 0.3) is 0 Å². The van der Waals surface area contributed by atoms with Crippen LogP contribution in [0.25, 0.3) is 0 Å². The average molecular weight is 263 g/mol. The summed E-state index contributed by atoms with van der Waals surface area (Å²) in [6.07, 6.45) is 2.62. The van der Waals surface area contributed by atoms with E-state index in [0.717, 1.165) is 37.3 Å². The molecule has 1 aromatic carbocycles. The van der Waals surface area contributed by atoms with Gasteiger partial charge in [-0.2, -0.15) is 0 Å². The molecule has 4 heteroatoms. The third-order valence-electron chi connectivity index (χ3n) is 4.06. The Bertz CT molecular complexity index is 453. The minimum atomic E-state index is 0.0993. The standard InChI is InChI=1S/C15H21NO3/c1-17-13-6-3-11(7-14(13)18-2)15(9-19-10-15)8-16-12-4-5-12/h3,6-7,12,16H,4-5,8-10H2,1-2H3. The number of benzene rings is 1. The third-order valence-corrected chi connectivity index (χ3v) is 4.06. The average Bonchev–Trinajstić information content (AvgIpc) is 3.21. The van der Waals surface area contributed by atoms with Crippen LogP contribution in [0.4, 0.5) is 0 Å². The zero-order valence-electron chi connectivity index (χ0n) is 11.6. The van der Waals surface area contributed by atoms with Gasteiger partial charge in [0, 0.05) is 12.6 Å². The predicted molar refractivity (Wildman–Crippen MR) is 73.1 cm³/mol. The summed E-state index contributed by atoms with van der Waals surface area (Å²) in [7, 11) is 3.34. The van der Waals surface area contributed by atoms with Crippen molar-refractivity contribution in [3.63, 3.8) is 0 Å². The monoisotopic (exact) mass is 263 g/mol. The van der Waals surface area contributed by atoms with E-state index in [1.807, 2.05) is 6.07 Å². The van der Waals surface area contributed by atoms with Crippen molar-refractivity contribution in [3.8, 4) is 11.5 Å². The van der Waals surface area contributed by atoms with Gasteiger partial charge in [0.2, 0.25) is 0 Å². The largest absolute Gasteiger partial charge is 0.493 e. The maximum atomic E-state index is 5.46. The fourth-order valence-electron chi connectivity index (χ4n) is 2.51. The van der Waals surface area contributed by atoms with E-state index in [1.54, 1.807) is 14.2 Å². The maximum Gasteiger partial charge on any atom is 0.161 e. The van der Waals surface area contributed by atoms with Crippen LogP contribution < -0.4 is 14.8 Å². The van der Waals surface area contributed by atoms with Crippen molar-refractivity contribution in [2.75, 3.05) is 34.0 Å². The zero-order chi connectivity index (χ0) is 13.3. The van der Waals surface area contributed by atoms with Gasteiger partial charge in [0.05, 0.1) is 32.8 Å². The first-order chi connectivity index (χ1) is 9.27. The molecule has 2 aliphatic rings. The van der Waals surface area contributed by atoms with Crippen molar-refractivity contribution in [1.82, 2.24) is 5.32 Å². The number of hydrogen-bond donors (Lipinski definition) is 1. The minimum absolute atomic E-state index is 0.0993. The summed E-state index contributed by atoms with van der Waals surface area (Å²) in [4.78, 5) is 0. The zero-order valence-corrected chi connectivity index (χ0v) is 11.6. The molecule has 4 nitrogen and oxygen atoms in total. The van der Waals surface area contributed by atoms with Crippen molar-refractivity contribution in [2.24, 2.45) is 0 Å². The molecule has 0 spiro atoms. The molecular weight excluding hydrogens is 242 g/mol. The lowest BCUT2D eigenvalue weighted by Gasteiger charge is -2.42. The molecule has 0 bridgehead atoms. The van der Waals surface area contributed by atoms with Crippen LogP contribution in [0.3, 0.4) is 0 Å². The molecule has 1 saturated heterocycles. The highest BCUT2D eigenvalue weighted by molar-refractivity contribution is 5.46. The van der Waals surface area contributed by atoms with Crippen LogP contribution in [0.5, 0.6) is 11.5 Å². The summed E-state index contributed by atoms with van der Waals surface area (Å²) in [6.45, 7) is 2.54. The van der Waals surface area contributed by atoms with Gasteiger partial charge >= 0.3 is 0 Å². The van der Waals surface area contributed by atoms with E-state index in [-0.39, 0.29) is 5.41 Å². The van der Waals surface area contributed by atoms with Crippen LogP contribution >= 0.6 is 0 Å². The summed E-state index contributed by atoms with van der Waals surface area (Å²) < 4.78 is 16.1. The summed E-state index contributed by atoms with van der Waals surface area (Å²) in [5.41, 5.74) is 1.37. The Kier molecular flexibility index (Phi) is 3.37. The van der Waals surface area contributed by atoms with E-state index in [9.17, 15) is 0 Å². The fraction of sp³-hybridized carbons (Fsp3) is 0.600. The van der Waals surface area contributed by atoms with E-state index < -0.39 is 0 Å². The molecule has 0 unspecified atom stereocenters. The Labute approximate surface area is 114 Å². The van der Waals surface area contributed by atoms with E-state index in [2.05, 4.69) is 17.4 Å². The molecule has 0 amide bonds. The highest BCUT2D eigenvalue weighted by atomic mass is 16.5. The van der Waals surface area contributed by atoms with Gasteiger partial charge in [-0.05, 0) is 30.5 Å². The number of methoxy groups -OCH3 is 2. The summed E-state index contributed by atoms with van der Waals surface area (Å²) in [5.74, 6) is 1.56. The van der Waals surface area contributed by atoms with Crippen LogP contribution in [0, 0.1) is 0 Å². The lowest BCUT2D eigenvalue weighted by atomic mass is 9.78. The number of nitrogens with one attached hydrogen (secondary N) is 1. The van der Waals surface area contributed by atoms with Crippen LogP contribution in [-0.4, -0.2) is 40.0 Å². The summed E-state index contributed by atoms with van der Waals surface area (Å²) >= 11 is 0. The molecule has 3 rings (SSSR count). The van der Waals surface area contributed by atoms with Crippen molar-refractivity contribution < 1.29 is 14.2 Å². The topological polar surface area (TPSA) is 39.7 Å². The Morgan fingerprint density at radius 2 is 1.95 bits per heavy atom. The Morgan fingerprint density at radius 3 is 2.47 bits per heavy atom. The molecule has 19 heavy (non-hydrogen) atoms. The maximum absolute atomic E-state index is 5.46. The molecule has 1 N–H and O–H groups in total. The molecule has 0 aromatic heterocycles. The van der Waals surface area contributed by atoms with Crippen LogP contribution in [-0.2, 0) is 10.2 Å². The van der Waals surface area contributed by atoms with Crippen molar-refractivity contribution in [2.45, 2.75) is 24.3 Å². The predicted octanol–water partition coefficient (Wildman–Crippen LogP) is 1.72. The van der Waals surface area contributed by atoms with Crippen LogP contribution in [0.1, 0.15) is 18.4 Å².